The van der Waals surface area contributed by atoms with E-state index < -0.39 is 0 Å². The van der Waals surface area contributed by atoms with Crippen molar-refractivity contribution in [1.82, 2.24) is 15.4 Å². The lowest BCUT2D eigenvalue weighted by molar-refractivity contribution is -0.121. The predicted molar refractivity (Wildman–Crippen MR) is 85.4 cm³/mol. The molecule has 0 unspecified atom stereocenters. The molecule has 0 atom stereocenters. The van der Waals surface area contributed by atoms with Gasteiger partial charge in [-0.15, -0.1) is 0 Å². The number of carbonyl (C=O) groups excluding carboxylic acids is 1. The van der Waals surface area contributed by atoms with Crippen LogP contribution in [0.1, 0.15) is 18.4 Å². The van der Waals surface area contributed by atoms with Gasteiger partial charge in [-0.2, -0.15) is 5.10 Å². The molecule has 0 aliphatic carbocycles. The fourth-order valence-corrected chi connectivity index (χ4v) is 2.65. The van der Waals surface area contributed by atoms with E-state index in [1.807, 2.05) is 30.3 Å². The molecule has 1 aliphatic heterocycles. The topological polar surface area (TPSA) is 70.1 Å². The number of benzene rings is 1. The van der Waals surface area contributed by atoms with Gasteiger partial charge < -0.3 is 4.98 Å². The number of nitrogens with zero attached hydrogens (tertiary/aromatic N) is 2. The van der Waals surface area contributed by atoms with Crippen molar-refractivity contribution in [3.8, 4) is 11.4 Å². The zero-order valence-corrected chi connectivity index (χ0v) is 11.8. The van der Waals surface area contributed by atoms with E-state index in [1.54, 1.807) is 6.20 Å². The van der Waals surface area contributed by atoms with Crippen molar-refractivity contribution < 1.29 is 4.79 Å². The van der Waals surface area contributed by atoms with Crippen LogP contribution in [0.5, 0.6) is 0 Å². The molecule has 1 aliphatic rings. The Kier molecular flexibility index (Phi) is 2.96. The minimum Gasteiger partial charge on any atom is -0.353 e. The van der Waals surface area contributed by atoms with E-state index in [0.717, 1.165) is 33.6 Å². The molecule has 1 aromatic carbocycles. The number of rotatable bonds is 2. The molecule has 0 saturated heterocycles. The number of amides is 1. The van der Waals surface area contributed by atoms with Crippen LogP contribution in [0.4, 0.5) is 0 Å². The van der Waals surface area contributed by atoms with Crippen LogP contribution in [0.15, 0.2) is 53.8 Å². The van der Waals surface area contributed by atoms with Crippen LogP contribution in [0.3, 0.4) is 0 Å². The van der Waals surface area contributed by atoms with Crippen molar-refractivity contribution in [3.63, 3.8) is 0 Å². The number of hydrogen-bond acceptors (Lipinski definition) is 3. The Bertz CT molecular complexity index is 880. The summed E-state index contributed by atoms with van der Waals surface area (Å²) in [7, 11) is 0. The van der Waals surface area contributed by atoms with Gasteiger partial charge in [0.15, 0.2) is 0 Å². The molecule has 5 nitrogen and oxygen atoms in total. The summed E-state index contributed by atoms with van der Waals surface area (Å²) in [5, 5.41) is 5.26. The summed E-state index contributed by atoms with van der Waals surface area (Å²) in [6, 6.07) is 14.1. The van der Waals surface area contributed by atoms with Crippen LogP contribution >= 0.6 is 0 Å². The van der Waals surface area contributed by atoms with Gasteiger partial charge in [0.05, 0.1) is 17.1 Å². The highest BCUT2D eigenvalue weighted by molar-refractivity contribution is 6.06. The molecular weight excluding hydrogens is 276 g/mol. The standard InChI is InChI=1S/C17H14N4O/c22-17-7-6-14(20-21-17)11-4-5-13-12(9-11)10-16(19-13)15-3-1-2-8-18-15/h1-5,8-10,19H,6-7H2,(H,21,22). The van der Waals surface area contributed by atoms with E-state index in [-0.39, 0.29) is 5.91 Å². The number of H-pyrrole nitrogens is 1. The lowest BCUT2D eigenvalue weighted by Crippen LogP contribution is -2.25. The normalized spacial score (nSPS) is 14.7. The molecule has 0 spiro atoms. The van der Waals surface area contributed by atoms with Gasteiger partial charge in [0.25, 0.3) is 0 Å². The molecule has 0 fully saturated rings. The third kappa shape index (κ3) is 2.26. The lowest BCUT2D eigenvalue weighted by atomic mass is 10.0. The summed E-state index contributed by atoms with van der Waals surface area (Å²) < 4.78 is 0. The highest BCUT2D eigenvalue weighted by Gasteiger charge is 2.14. The molecule has 2 aromatic heterocycles. The molecule has 0 radical (unpaired) electrons. The molecule has 3 heterocycles. The second kappa shape index (κ2) is 5.11. The first-order valence-corrected chi connectivity index (χ1v) is 7.19. The summed E-state index contributed by atoms with van der Waals surface area (Å²) in [5.41, 5.74) is 7.47. The van der Waals surface area contributed by atoms with E-state index in [4.69, 9.17) is 0 Å². The number of nitrogens with one attached hydrogen (secondary N) is 2. The third-order valence-electron chi connectivity index (χ3n) is 3.80. The summed E-state index contributed by atoms with van der Waals surface area (Å²) in [6.45, 7) is 0. The quantitative estimate of drug-likeness (QED) is 0.762. The average Bonchev–Trinajstić information content (AvgIpc) is 2.99. The maximum Gasteiger partial charge on any atom is 0.240 e. The van der Waals surface area contributed by atoms with Crippen molar-refractivity contribution in [2.75, 3.05) is 0 Å². The van der Waals surface area contributed by atoms with Gasteiger partial charge in [-0.3, -0.25) is 9.78 Å². The van der Waals surface area contributed by atoms with E-state index >= 15 is 0 Å². The van der Waals surface area contributed by atoms with Gasteiger partial charge >= 0.3 is 0 Å². The average molecular weight is 290 g/mol. The predicted octanol–water partition coefficient (Wildman–Crippen LogP) is 2.84. The fraction of sp³-hybridized carbons (Fsp3) is 0.118. The monoisotopic (exact) mass is 290 g/mol. The summed E-state index contributed by atoms with van der Waals surface area (Å²) >= 11 is 0. The molecule has 4 rings (SSSR count). The van der Waals surface area contributed by atoms with Gasteiger partial charge in [0.2, 0.25) is 5.91 Å². The first-order chi connectivity index (χ1) is 10.8. The molecule has 3 aromatic rings. The Morgan fingerprint density at radius 2 is 2.00 bits per heavy atom. The molecular formula is C17H14N4O. The number of fused-ring (bicyclic) bond motifs is 1. The number of hydrazone groups is 1. The van der Waals surface area contributed by atoms with Crippen LogP contribution in [0.2, 0.25) is 0 Å². The van der Waals surface area contributed by atoms with Crippen LogP contribution in [0.25, 0.3) is 22.3 Å². The number of carbonyl (C=O) groups is 1. The van der Waals surface area contributed by atoms with Crippen LogP contribution in [-0.2, 0) is 4.79 Å². The molecule has 2 N–H and O–H groups in total. The minimum absolute atomic E-state index is 0.0242. The van der Waals surface area contributed by atoms with Crippen LogP contribution < -0.4 is 5.43 Å². The first-order valence-electron chi connectivity index (χ1n) is 7.19. The largest absolute Gasteiger partial charge is 0.353 e. The third-order valence-corrected chi connectivity index (χ3v) is 3.80. The summed E-state index contributed by atoms with van der Waals surface area (Å²) in [4.78, 5) is 18.9. The highest BCUT2D eigenvalue weighted by atomic mass is 16.2. The van der Waals surface area contributed by atoms with E-state index in [2.05, 4.69) is 32.6 Å². The SMILES string of the molecule is O=C1CCC(c2ccc3[nH]c(-c4ccccn4)cc3c2)=NN1. The Morgan fingerprint density at radius 1 is 1.05 bits per heavy atom. The van der Waals surface area contributed by atoms with Gasteiger partial charge in [0.1, 0.15) is 0 Å². The molecule has 22 heavy (non-hydrogen) atoms. The maximum atomic E-state index is 11.2. The number of pyridine rings is 1. The molecule has 108 valence electrons. The summed E-state index contributed by atoms with van der Waals surface area (Å²) in [6.07, 6.45) is 2.95. The van der Waals surface area contributed by atoms with Crippen molar-refractivity contribution in [2.24, 2.45) is 5.10 Å². The Morgan fingerprint density at radius 3 is 2.77 bits per heavy atom. The first kappa shape index (κ1) is 12.8. The van der Waals surface area contributed by atoms with Crippen molar-refractivity contribution in [1.29, 1.82) is 0 Å². The van der Waals surface area contributed by atoms with Crippen molar-refractivity contribution in [3.05, 3.63) is 54.2 Å². The van der Waals surface area contributed by atoms with Gasteiger partial charge in [0, 0.05) is 29.9 Å². The van der Waals surface area contributed by atoms with Crippen molar-refractivity contribution in [2.45, 2.75) is 12.8 Å². The van der Waals surface area contributed by atoms with E-state index in [0.29, 0.717) is 12.8 Å². The highest BCUT2D eigenvalue weighted by Crippen LogP contribution is 2.24. The Hall–Kier alpha value is -2.95. The zero-order valence-electron chi connectivity index (χ0n) is 11.8. The zero-order chi connectivity index (χ0) is 14.9. The summed E-state index contributed by atoms with van der Waals surface area (Å²) in [5.74, 6) is -0.0242. The van der Waals surface area contributed by atoms with E-state index in [9.17, 15) is 4.79 Å². The van der Waals surface area contributed by atoms with Crippen LogP contribution in [0, 0.1) is 0 Å². The van der Waals surface area contributed by atoms with Gasteiger partial charge in [-0.1, -0.05) is 12.1 Å². The second-order valence-electron chi connectivity index (χ2n) is 5.29. The Labute approximate surface area is 127 Å². The lowest BCUT2D eigenvalue weighted by Gasteiger charge is -2.11. The number of hydrogen-bond donors (Lipinski definition) is 2. The van der Waals surface area contributed by atoms with Crippen molar-refractivity contribution >= 4 is 22.5 Å². The molecule has 1 amide bonds. The number of aromatic nitrogens is 2. The Balaban J connectivity index is 1.74. The molecule has 0 bridgehead atoms. The second-order valence-corrected chi connectivity index (χ2v) is 5.29. The maximum absolute atomic E-state index is 11.2. The van der Waals surface area contributed by atoms with Gasteiger partial charge in [-0.25, -0.2) is 5.43 Å². The minimum atomic E-state index is -0.0242. The van der Waals surface area contributed by atoms with Crippen LogP contribution in [-0.4, -0.2) is 21.6 Å². The number of aromatic amines is 1. The molecule has 0 saturated carbocycles. The smallest absolute Gasteiger partial charge is 0.240 e. The van der Waals surface area contributed by atoms with E-state index in [1.165, 1.54) is 0 Å². The molecule has 5 heteroatoms. The van der Waals surface area contributed by atoms with Gasteiger partial charge in [-0.05, 0) is 35.9 Å². The fourth-order valence-electron chi connectivity index (χ4n) is 2.65.